The Bertz CT molecular complexity index is 428. The zero-order chi connectivity index (χ0) is 11.5. The first-order valence-electron chi connectivity index (χ1n) is 5.29. The summed E-state index contributed by atoms with van der Waals surface area (Å²) < 4.78 is 5.46. The smallest absolute Gasteiger partial charge is 0.103 e. The first kappa shape index (κ1) is 11.3. The molecule has 0 spiro atoms. The van der Waals surface area contributed by atoms with Crippen molar-refractivity contribution in [2.24, 2.45) is 0 Å². The van der Waals surface area contributed by atoms with E-state index in [1.807, 2.05) is 19.1 Å². The SMILES string of the molecule is CC1OCCC1Nc1cccc(Cl)c1C#N. The molecule has 1 aromatic carbocycles. The second-order valence-electron chi connectivity index (χ2n) is 3.89. The minimum atomic E-state index is 0.172. The van der Waals surface area contributed by atoms with Crippen LogP contribution in [0.1, 0.15) is 18.9 Å². The van der Waals surface area contributed by atoms with Gasteiger partial charge in [-0.25, -0.2) is 0 Å². The molecule has 1 fully saturated rings. The molecule has 0 radical (unpaired) electrons. The normalized spacial score (nSPS) is 24.1. The van der Waals surface area contributed by atoms with E-state index in [9.17, 15) is 0 Å². The van der Waals surface area contributed by atoms with Crippen molar-refractivity contribution in [1.82, 2.24) is 0 Å². The van der Waals surface area contributed by atoms with Gasteiger partial charge in [-0.3, -0.25) is 0 Å². The van der Waals surface area contributed by atoms with Crippen LogP contribution in [0.15, 0.2) is 18.2 Å². The predicted molar refractivity (Wildman–Crippen MR) is 63.6 cm³/mol. The van der Waals surface area contributed by atoms with E-state index < -0.39 is 0 Å². The van der Waals surface area contributed by atoms with Gasteiger partial charge in [-0.05, 0) is 25.5 Å². The van der Waals surface area contributed by atoms with Crippen LogP contribution in [0.5, 0.6) is 0 Å². The molecule has 0 aromatic heterocycles. The van der Waals surface area contributed by atoms with Crippen LogP contribution in [0.2, 0.25) is 5.02 Å². The van der Waals surface area contributed by atoms with Crippen molar-refractivity contribution in [3.8, 4) is 6.07 Å². The first-order valence-corrected chi connectivity index (χ1v) is 5.67. The minimum absolute atomic E-state index is 0.172. The summed E-state index contributed by atoms with van der Waals surface area (Å²) in [6.45, 7) is 2.79. The molecule has 1 aliphatic heterocycles. The summed E-state index contributed by atoms with van der Waals surface area (Å²) in [6.07, 6.45) is 1.13. The molecule has 1 aliphatic rings. The van der Waals surface area contributed by atoms with Crippen LogP contribution in [-0.4, -0.2) is 18.8 Å². The van der Waals surface area contributed by atoms with Gasteiger partial charge in [-0.15, -0.1) is 0 Å². The number of ether oxygens (including phenoxy) is 1. The van der Waals surface area contributed by atoms with Gasteiger partial charge in [0.15, 0.2) is 0 Å². The third-order valence-electron chi connectivity index (χ3n) is 2.84. The molecule has 2 rings (SSSR count). The molecule has 0 aliphatic carbocycles. The molecule has 84 valence electrons. The Labute approximate surface area is 100.0 Å². The van der Waals surface area contributed by atoms with E-state index in [0.29, 0.717) is 10.6 Å². The third-order valence-corrected chi connectivity index (χ3v) is 3.16. The number of anilines is 1. The van der Waals surface area contributed by atoms with E-state index in [1.165, 1.54) is 0 Å². The van der Waals surface area contributed by atoms with Crippen molar-refractivity contribution >= 4 is 17.3 Å². The second-order valence-corrected chi connectivity index (χ2v) is 4.30. The van der Waals surface area contributed by atoms with Gasteiger partial charge in [0.25, 0.3) is 0 Å². The summed E-state index contributed by atoms with van der Waals surface area (Å²) in [5, 5.41) is 12.8. The van der Waals surface area contributed by atoms with E-state index in [4.69, 9.17) is 21.6 Å². The molecule has 0 amide bonds. The van der Waals surface area contributed by atoms with E-state index in [2.05, 4.69) is 11.4 Å². The molecule has 1 N–H and O–H groups in total. The fourth-order valence-electron chi connectivity index (χ4n) is 1.88. The quantitative estimate of drug-likeness (QED) is 0.859. The summed E-state index contributed by atoms with van der Waals surface area (Å²) in [7, 11) is 0. The molecule has 2 atom stereocenters. The molecule has 1 saturated heterocycles. The van der Waals surface area contributed by atoms with Crippen molar-refractivity contribution in [2.45, 2.75) is 25.5 Å². The van der Waals surface area contributed by atoms with Crippen LogP contribution in [0.25, 0.3) is 0 Å². The lowest BCUT2D eigenvalue weighted by atomic mass is 10.1. The highest BCUT2D eigenvalue weighted by molar-refractivity contribution is 6.32. The molecule has 0 bridgehead atoms. The molecule has 4 heteroatoms. The summed E-state index contributed by atoms with van der Waals surface area (Å²) in [4.78, 5) is 0. The van der Waals surface area contributed by atoms with Gasteiger partial charge in [0.05, 0.1) is 28.4 Å². The van der Waals surface area contributed by atoms with Crippen LogP contribution in [0, 0.1) is 11.3 Å². The van der Waals surface area contributed by atoms with Gasteiger partial charge in [-0.1, -0.05) is 17.7 Å². The standard InChI is InChI=1S/C12H13ClN2O/c1-8-11(5-6-16-8)15-12-4-2-3-10(13)9(12)7-14/h2-4,8,11,15H,5-6H2,1H3. The van der Waals surface area contributed by atoms with Gasteiger partial charge < -0.3 is 10.1 Å². The predicted octanol–water partition coefficient (Wildman–Crippen LogP) is 2.80. The number of nitriles is 1. The number of hydrogen-bond donors (Lipinski definition) is 1. The fourth-order valence-corrected chi connectivity index (χ4v) is 2.10. The molecular weight excluding hydrogens is 224 g/mol. The number of benzene rings is 1. The number of halogens is 1. The van der Waals surface area contributed by atoms with Gasteiger partial charge in [0.1, 0.15) is 6.07 Å². The lowest BCUT2D eigenvalue weighted by Crippen LogP contribution is -2.27. The van der Waals surface area contributed by atoms with E-state index in [0.717, 1.165) is 18.7 Å². The lowest BCUT2D eigenvalue weighted by molar-refractivity contribution is 0.121. The van der Waals surface area contributed by atoms with Crippen LogP contribution in [0.4, 0.5) is 5.69 Å². The highest BCUT2D eigenvalue weighted by atomic mass is 35.5. The van der Waals surface area contributed by atoms with Gasteiger partial charge >= 0.3 is 0 Å². The summed E-state index contributed by atoms with van der Waals surface area (Å²) >= 11 is 5.96. The number of rotatable bonds is 2. The molecule has 2 unspecified atom stereocenters. The maximum atomic E-state index is 9.03. The average molecular weight is 237 g/mol. The Morgan fingerprint density at radius 2 is 2.38 bits per heavy atom. The molecule has 3 nitrogen and oxygen atoms in total. The van der Waals surface area contributed by atoms with Gasteiger partial charge in [-0.2, -0.15) is 5.26 Å². The van der Waals surface area contributed by atoms with E-state index >= 15 is 0 Å². The van der Waals surface area contributed by atoms with Crippen LogP contribution >= 0.6 is 11.6 Å². The molecule has 0 saturated carbocycles. The van der Waals surface area contributed by atoms with Gasteiger partial charge in [0, 0.05) is 6.61 Å². The highest BCUT2D eigenvalue weighted by Gasteiger charge is 2.24. The lowest BCUT2D eigenvalue weighted by Gasteiger charge is -2.18. The van der Waals surface area contributed by atoms with Gasteiger partial charge in [0.2, 0.25) is 0 Å². The second kappa shape index (κ2) is 4.73. The Morgan fingerprint density at radius 3 is 3.00 bits per heavy atom. The van der Waals surface area contributed by atoms with Crippen LogP contribution < -0.4 is 5.32 Å². The van der Waals surface area contributed by atoms with E-state index in [-0.39, 0.29) is 12.1 Å². The Morgan fingerprint density at radius 1 is 1.56 bits per heavy atom. The van der Waals surface area contributed by atoms with Crippen molar-refractivity contribution < 1.29 is 4.74 Å². The summed E-state index contributed by atoms with van der Waals surface area (Å²) in [5.41, 5.74) is 1.29. The number of nitrogens with one attached hydrogen (secondary N) is 1. The molecule has 1 aromatic rings. The minimum Gasteiger partial charge on any atom is -0.379 e. The summed E-state index contributed by atoms with van der Waals surface area (Å²) in [6, 6.07) is 7.80. The first-order chi connectivity index (χ1) is 7.72. The molecule has 16 heavy (non-hydrogen) atoms. The maximum absolute atomic E-state index is 9.03. The Kier molecular flexibility index (Phi) is 3.33. The Hall–Kier alpha value is -1.24. The topological polar surface area (TPSA) is 45.0 Å². The largest absolute Gasteiger partial charge is 0.379 e. The number of nitrogens with zero attached hydrogens (tertiary/aromatic N) is 1. The monoisotopic (exact) mass is 236 g/mol. The number of hydrogen-bond acceptors (Lipinski definition) is 3. The van der Waals surface area contributed by atoms with Crippen LogP contribution in [-0.2, 0) is 4.74 Å². The molecular formula is C12H13ClN2O. The van der Waals surface area contributed by atoms with Crippen molar-refractivity contribution in [1.29, 1.82) is 5.26 Å². The van der Waals surface area contributed by atoms with Crippen molar-refractivity contribution in [3.05, 3.63) is 28.8 Å². The van der Waals surface area contributed by atoms with Crippen molar-refractivity contribution in [3.63, 3.8) is 0 Å². The third kappa shape index (κ3) is 2.13. The highest BCUT2D eigenvalue weighted by Crippen LogP contribution is 2.26. The van der Waals surface area contributed by atoms with Crippen molar-refractivity contribution in [2.75, 3.05) is 11.9 Å². The maximum Gasteiger partial charge on any atom is 0.103 e. The zero-order valence-corrected chi connectivity index (χ0v) is 9.79. The zero-order valence-electron chi connectivity index (χ0n) is 9.03. The summed E-state index contributed by atoms with van der Waals surface area (Å²) in [5.74, 6) is 0. The van der Waals surface area contributed by atoms with E-state index in [1.54, 1.807) is 6.07 Å². The molecule has 1 heterocycles. The van der Waals surface area contributed by atoms with Crippen LogP contribution in [0.3, 0.4) is 0 Å². The fraction of sp³-hybridized carbons (Fsp3) is 0.417. The average Bonchev–Trinajstić information content (AvgIpc) is 2.65. The Balaban J connectivity index is 2.21.